The molecular formula is C15H15FN4OS. The molecule has 0 radical (unpaired) electrons. The molecule has 5 nitrogen and oxygen atoms in total. The third-order valence-electron chi connectivity index (χ3n) is 3.31. The van der Waals surface area contributed by atoms with E-state index in [4.69, 9.17) is 0 Å². The summed E-state index contributed by atoms with van der Waals surface area (Å²) in [5.74, 6) is -0.280. The smallest absolute Gasteiger partial charge is 0.275 e. The number of benzene rings is 1. The highest BCUT2D eigenvalue weighted by atomic mass is 32.1. The second-order valence-corrected chi connectivity index (χ2v) is 6.06. The van der Waals surface area contributed by atoms with E-state index in [9.17, 15) is 9.18 Å². The fourth-order valence-corrected chi connectivity index (χ4v) is 3.05. The zero-order valence-corrected chi connectivity index (χ0v) is 13.1. The van der Waals surface area contributed by atoms with Gasteiger partial charge in [-0.25, -0.2) is 9.37 Å². The molecule has 0 aliphatic heterocycles. The number of nitrogens with zero attached hydrogens (tertiary/aromatic N) is 4. The number of halogens is 1. The Morgan fingerprint density at radius 2 is 2.18 bits per heavy atom. The first-order valence-electron chi connectivity index (χ1n) is 6.93. The van der Waals surface area contributed by atoms with Crippen molar-refractivity contribution in [3.8, 4) is 0 Å². The van der Waals surface area contributed by atoms with Crippen LogP contribution in [0.15, 0.2) is 35.1 Å². The van der Waals surface area contributed by atoms with Gasteiger partial charge in [-0.1, -0.05) is 17.4 Å². The highest BCUT2D eigenvalue weighted by Crippen LogP contribution is 2.18. The summed E-state index contributed by atoms with van der Waals surface area (Å²) < 4.78 is 14.7. The van der Waals surface area contributed by atoms with Gasteiger partial charge in [-0.15, -0.1) is 0 Å². The molecule has 2 aromatic heterocycles. The van der Waals surface area contributed by atoms with Gasteiger partial charge >= 0.3 is 0 Å². The first kappa shape index (κ1) is 14.6. The van der Waals surface area contributed by atoms with E-state index in [1.165, 1.54) is 34.1 Å². The maximum Gasteiger partial charge on any atom is 0.275 e. The van der Waals surface area contributed by atoms with Crippen molar-refractivity contribution in [1.29, 1.82) is 0 Å². The minimum absolute atomic E-state index is 0.195. The largest absolute Gasteiger partial charge is 0.366 e. The molecule has 0 fully saturated rings. The minimum atomic E-state index is -0.280. The number of rotatable bonds is 4. The van der Waals surface area contributed by atoms with Crippen molar-refractivity contribution in [3.05, 3.63) is 57.2 Å². The SMILES string of the molecule is CCN(Cc1cc(=O)n2nc(C)sc2n1)c1cccc(F)c1. The lowest BCUT2D eigenvalue weighted by atomic mass is 10.2. The highest BCUT2D eigenvalue weighted by molar-refractivity contribution is 7.16. The van der Waals surface area contributed by atoms with Crippen molar-refractivity contribution in [3.63, 3.8) is 0 Å². The van der Waals surface area contributed by atoms with Crippen LogP contribution in [0.3, 0.4) is 0 Å². The summed E-state index contributed by atoms with van der Waals surface area (Å²) in [4.78, 5) is 19.1. The summed E-state index contributed by atoms with van der Waals surface area (Å²) in [7, 11) is 0. The molecule has 0 unspecified atom stereocenters. The standard InChI is InChI=1S/C15H15FN4OS/c1-3-19(13-6-4-5-11(16)7-13)9-12-8-14(21)20-15(17-12)22-10(2)18-20/h4-8H,3,9H2,1-2H3. The first-order valence-corrected chi connectivity index (χ1v) is 7.75. The van der Waals surface area contributed by atoms with E-state index in [0.29, 0.717) is 23.7 Å². The van der Waals surface area contributed by atoms with Crippen LogP contribution in [-0.4, -0.2) is 21.1 Å². The number of anilines is 1. The van der Waals surface area contributed by atoms with Crippen LogP contribution >= 0.6 is 11.3 Å². The van der Waals surface area contributed by atoms with E-state index in [1.54, 1.807) is 6.07 Å². The Balaban J connectivity index is 1.95. The molecule has 1 aromatic carbocycles. The Labute approximate surface area is 130 Å². The second kappa shape index (κ2) is 5.84. The van der Waals surface area contributed by atoms with Crippen molar-refractivity contribution >= 4 is 22.0 Å². The summed E-state index contributed by atoms with van der Waals surface area (Å²) in [6.07, 6.45) is 0. The van der Waals surface area contributed by atoms with Crippen LogP contribution in [-0.2, 0) is 6.54 Å². The lowest BCUT2D eigenvalue weighted by molar-refractivity contribution is 0.626. The molecule has 22 heavy (non-hydrogen) atoms. The van der Waals surface area contributed by atoms with Crippen molar-refractivity contribution in [2.75, 3.05) is 11.4 Å². The van der Waals surface area contributed by atoms with Gasteiger partial charge in [0.25, 0.3) is 5.56 Å². The Hall–Kier alpha value is -2.28. The van der Waals surface area contributed by atoms with Crippen molar-refractivity contribution < 1.29 is 4.39 Å². The van der Waals surface area contributed by atoms with Crippen LogP contribution in [0.1, 0.15) is 17.6 Å². The lowest BCUT2D eigenvalue weighted by Crippen LogP contribution is -2.25. The molecule has 0 bridgehead atoms. The number of hydrogen-bond acceptors (Lipinski definition) is 5. The number of aromatic nitrogens is 3. The summed E-state index contributed by atoms with van der Waals surface area (Å²) in [5.41, 5.74) is 1.23. The Bertz CT molecular complexity index is 873. The van der Waals surface area contributed by atoms with Crippen LogP contribution in [0.25, 0.3) is 4.96 Å². The second-order valence-electron chi connectivity index (χ2n) is 4.90. The van der Waals surface area contributed by atoms with Gasteiger partial charge in [0.15, 0.2) is 0 Å². The molecule has 0 aliphatic carbocycles. The molecule has 3 rings (SSSR count). The van der Waals surface area contributed by atoms with Gasteiger partial charge < -0.3 is 4.90 Å². The van der Waals surface area contributed by atoms with Gasteiger partial charge in [0, 0.05) is 18.3 Å². The van der Waals surface area contributed by atoms with Crippen LogP contribution < -0.4 is 10.5 Å². The van der Waals surface area contributed by atoms with Gasteiger partial charge in [-0.2, -0.15) is 9.61 Å². The van der Waals surface area contributed by atoms with Gasteiger partial charge in [0.1, 0.15) is 10.8 Å². The van der Waals surface area contributed by atoms with Crippen LogP contribution in [0.2, 0.25) is 0 Å². The third kappa shape index (κ3) is 2.85. The van der Waals surface area contributed by atoms with Crippen molar-refractivity contribution in [2.45, 2.75) is 20.4 Å². The van der Waals surface area contributed by atoms with Gasteiger partial charge in [0.05, 0.1) is 12.2 Å². The van der Waals surface area contributed by atoms with E-state index in [-0.39, 0.29) is 11.4 Å². The van der Waals surface area contributed by atoms with E-state index in [0.717, 1.165) is 10.7 Å². The molecule has 0 saturated carbocycles. The maximum absolute atomic E-state index is 13.4. The monoisotopic (exact) mass is 318 g/mol. The minimum Gasteiger partial charge on any atom is -0.366 e. The van der Waals surface area contributed by atoms with E-state index in [2.05, 4.69) is 10.1 Å². The van der Waals surface area contributed by atoms with Crippen molar-refractivity contribution in [1.82, 2.24) is 14.6 Å². The van der Waals surface area contributed by atoms with Crippen LogP contribution in [0.4, 0.5) is 10.1 Å². The Morgan fingerprint density at radius 3 is 2.91 bits per heavy atom. The molecule has 0 saturated heterocycles. The molecule has 0 N–H and O–H groups in total. The quantitative estimate of drug-likeness (QED) is 0.742. The van der Waals surface area contributed by atoms with E-state index in [1.807, 2.05) is 24.8 Å². The van der Waals surface area contributed by atoms with Crippen LogP contribution in [0.5, 0.6) is 0 Å². The van der Waals surface area contributed by atoms with E-state index >= 15 is 0 Å². The molecule has 7 heteroatoms. The molecule has 0 aliphatic rings. The third-order valence-corrected chi connectivity index (χ3v) is 4.13. The molecule has 0 atom stereocenters. The number of aryl methyl sites for hydroxylation is 1. The van der Waals surface area contributed by atoms with Crippen molar-refractivity contribution in [2.24, 2.45) is 0 Å². The summed E-state index contributed by atoms with van der Waals surface area (Å²) in [5, 5.41) is 4.91. The van der Waals surface area contributed by atoms with Gasteiger partial charge in [0.2, 0.25) is 4.96 Å². The molecule has 2 heterocycles. The molecule has 0 spiro atoms. The Morgan fingerprint density at radius 1 is 1.36 bits per heavy atom. The Kier molecular flexibility index (Phi) is 3.89. The van der Waals surface area contributed by atoms with E-state index < -0.39 is 0 Å². The predicted octanol–water partition coefficient (Wildman–Crippen LogP) is 2.63. The maximum atomic E-state index is 13.4. The number of fused-ring (bicyclic) bond motifs is 1. The van der Waals surface area contributed by atoms with Gasteiger partial charge in [-0.05, 0) is 32.0 Å². The fraction of sp³-hybridized carbons (Fsp3) is 0.267. The average Bonchev–Trinajstić information content (AvgIpc) is 2.86. The average molecular weight is 318 g/mol. The molecule has 0 amide bonds. The first-order chi connectivity index (χ1) is 10.6. The predicted molar refractivity (Wildman–Crippen MR) is 85.0 cm³/mol. The normalized spacial score (nSPS) is 11.0. The summed E-state index contributed by atoms with van der Waals surface area (Å²) in [6, 6.07) is 7.88. The zero-order valence-electron chi connectivity index (χ0n) is 12.3. The topological polar surface area (TPSA) is 50.5 Å². The summed E-state index contributed by atoms with van der Waals surface area (Å²) >= 11 is 1.38. The van der Waals surface area contributed by atoms with Gasteiger partial charge in [-0.3, -0.25) is 4.79 Å². The molecule has 114 valence electrons. The number of hydrogen-bond donors (Lipinski definition) is 0. The molecular weight excluding hydrogens is 303 g/mol. The van der Waals surface area contributed by atoms with Crippen LogP contribution in [0, 0.1) is 12.7 Å². The highest BCUT2D eigenvalue weighted by Gasteiger charge is 2.11. The zero-order chi connectivity index (χ0) is 15.7. The summed E-state index contributed by atoms with van der Waals surface area (Å²) in [6.45, 7) is 4.95. The fourth-order valence-electron chi connectivity index (χ4n) is 2.29. The molecule has 3 aromatic rings. The lowest BCUT2D eigenvalue weighted by Gasteiger charge is -2.22.